The minimum atomic E-state index is -1.26. The summed E-state index contributed by atoms with van der Waals surface area (Å²) < 4.78 is 10.7. The van der Waals surface area contributed by atoms with E-state index in [4.69, 9.17) is 37.0 Å². The number of benzene rings is 1. The van der Waals surface area contributed by atoms with Crippen LogP contribution in [0.5, 0.6) is 5.75 Å². The number of ether oxygens (including phenoxy) is 2. The van der Waals surface area contributed by atoms with E-state index in [0.717, 1.165) is 64.8 Å². The third kappa shape index (κ3) is 9.91. The number of methoxy groups -OCH3 is 1. The highest BCUT2D eigenvalue weighted by Gasteiger charge is 2.32. The predicted octanol–water partition coefficient (Wildman–Crippen LogP) is 2.11. The third-order valence-corrected chi connectivity index (χ3v) is 7.90. The molecule has 3 saturated heterocycles. The number of anilines is 1. The lowest BCUT2D eigenvalue weighted by Crippen LogP contribution is -2.48. The smallest absolute Gasteiger partial charge is 0.328 e. The average molecular weight is 595 g/mol. The lowest BCUT2D eigenvalue weighted by Gasteiger charge is -2.38. The van der Waals surface area contributed by atoms with Crippen LogP contribution in [0.15, 0.2) is 24.3 Å². The van der Waals surface area contributed by atoms with Gasteiger partial charge in [-0.3, -0.25) is 9.59 Å². The summed E-state index contributed by atoms with van der Waals surface area (Å²) in [6, 6.07) is 3.28. The Morgan fingerprint density at radius 3 is 2.22 bits per heavy atom. The number of nitrogens with two attached hydrogens (primary N) is 1. The summed E-state index contributed by atoms with van der Waals surface area (Å²) in [5.41, 5.74) is 6.62. The van der Waals surface area contributed by atoms with Gasteiger partial charge in [0.05, 0.1) is 35.9 Å². The van der Waals surface area contributed by atoms with Gasteiger partial charge >= 0.3 is 11.9 Å². The zero-order chi connectivity index (χ0) is 29.9. The van der Waals surface area contributed by atoms with E-state index >= 15 is 0 Å². The number of rotatable bonds is 8. The molecule has 41 heavy (non-hydrogen) atoms. The second-order valence-electron chi connectivity index (χ2n) is 10.5. The van der Waals surface area contributed by atoms with Crippen molar-refractivity contribution in [1.82, 2.24) is 15.1 Å². The van der Waals surface area contributed by atoms with Crippen LogP contribution in [0.25, 0.3) is 0 Å². The van der Waals surface area contributed by atoms with Crippen molar-refractivity contribution in [3.63, 3.8) is 0 Å². The quantitative estimate of drug-likeness (QED) is 0.258. The number of halogens is 1. The van der Waals surface area contributed by atoms with Gasteiger partial charge in [0.2, 0.25) is 5.91 Å². The topological polar surface area (TPSA) is 172 Å². The molecule has 3 fully saturated rings. The molecule has 13 heteroatoms. The first-order valence-corrected chi connectivity index (χ1v) is 14.1. The van der Waals surface area contributed by atoms with Crippen LogP contribution in [0.1, 0.15) is 42.5 Å². The zero-order valence-corrected chi connectivity index (χ0v) is 24.0. The Kier molecular flexibility index (Phi) is 12.2. The van der Waals surface area contributed by atoms with Crippen molar-refractivity contribution in [1.29, 1.82) is 0 Å². The number of nitrogens with zero attached hydrogens (tertiary/aromatic N) is 2. The van der Waals surface area contributed by atoms with Gasteiger partial charge in [0, 0.05) is 63.6 Å². The van der Waals surface area contributed by atoms with Gasteiger partial charge in [-0.05, 0) is 44.1 Å². The van der Waals surface area contributed by atoms with Crippen molar-refractivity contribution in [3.05, 3.63) is 34.9 Å². The van der Waals surface area contributed by atoms with Crippen LogP contribution in [0.4, 0.5) is 5.69 Å². The van der Waals surface area contributed by atoms with Crippen molar-refractivity contribution >= 4 is 41.0 Å². The number of nitrogens with one attached hydrogen (secondary N) is 1. The monoisotopic (exact) mass is 594 g/mol. The van der Waals surface area contributed by atoms with Crippen molar-refractivity contribution < 1.29 is 38.9 Å². The molecular formula is C28H39ClN4O8. The van der Waals surface area contributed by atoms with Gasteiger partial charge < -0.3 is 40.5 Å². The number of nitrogen functional groups attached to an aromatic ring is 1. The zero-order valence-electron chi connectivity index (χ0n) is 23.2. The molecule has 5 N–H and O–H groups in total. The fraction of sp³-hybridized carbons (Fsp3) is 0.571. The molecule has 3 heterocycles. The number of likely N-dealkylation sites (tertiary alicyclic amines) is 2. The van der Waals surface area contributed by atoms with Gasteiger partial charge in [-0.1, -0.05) is 11.6 Å². The highest BCUT2D eigenvalue weighted by molar-refractivity contribution is 6.33. The Balaban J connectivity index is 0.000000507. The maximum atomic E-state index is 12.8. The predicted molar refractivity (Wildman–Crippen MR) is 152 cm³/mol. The molecule has 0 aromatic heterocycles. The van der Waals surface area contributed by atoms with E-state index in [1.807, 2.05) is 4.90 Å². The Bertz CT molecular complexity index is 1090. The highest BCUT2D eigenvalue weighted by atomic mass is 35.5. The van der Waals surface area contributed by atoms with Gasteiger partial charge in [0.25, 0.3) is 5.91 Å². The molecule has 0 bridgehead atoms. The average Bonchev–Trinajstić information content (AvgIpc) is 3.50. The summed E-state index contributed by atoms with van der Waals surface area (Å²) in [7, 11) is 1.52. The molecule has 2 amide bonds. The highest BCUT2D eigenvalue weighted by Crippen LogP contribution is 2.29. The standard InChI is InChI=1S/C24H35ClN4O4.C4H4O4/c1-32-22-13-21(26)20(25)12-19(22)23(30)27-18-4-7-28(8-5-18)14-16-2-9-29(10-3-16)24(31)17-6-11-33-15-17;5-3(6)1-2-4(7)8/h12-13,16-18H,2-11,14-15,26H2,1H3,(H,27,30);1-2H,(H,5,6)(H,7,8)/b;2-1+. The number of piperidine rings is 2. The van der Waals surface area contributed by atoms with Crippen LogP contribution in [-0.2, 0) is 19.1 Å². The van der Waals surface area contributed by atoms with E-state index in [9.17, 15) is 19.2 Å². The van der Waals surface area contributed by atoms with Crippen LogP contribution < -0.4 is 15.8 Å². The number of hydrogen-bond acceptors (Lipinski definition) is 8. The van der Waals surface area contributed by atoms with Gasteiger partial charge in [0.15, 0.2) is 0 Å². The summed E-state index contributed by atoms with van der Waals surface area (Å²) in [6.07, 6.45) is 5.93. The number of hydrogen-bond donors (Lipinski definition) is 4. The van der Waals surface area contributed by atoms with E-state index in [2.05, 4.69) is 10.2 Å². The molecule has 3 aliphatic heterocycles. The third-order valence-electron chi connectivity index (χ3n) is 7.58. The Hall–Kier alpha value is -3.35. The number of aliphatic carboxylic acids is 2. The molecule has 1 unspecified atom stereocenters. The first-order chi connectivity index (χ1) is 19.6. The summed E-state index contributed by atoms with van der Waals surface area (Å²) in [6.45, 7) is 6.01. The molecular weight excluding hydrogens is 556 g/mol. The van der Waals surface area contributed by atoms with E-state index < -0.39 is 11.9 Å². The van der Waals surface area contributed by atoms with Crippen LogP contribution in [-0.4, -0.2) is 103 Å². The van der Waals surface area contributed by atoms with Gasteiger partial charge in [-0.2, -0.15) is 0 Å². The van der Waals surface area contributed by atoms with E-state index in [1.165, 1.54) is 7.11 Å². The molecule has 0 saturated carbocycles. The molecule has 1 atom stereocenters. The van der Waals surface area contributed by atoms with Crippen LogP contribution in [0.3, 0.4) is 0 Å². The SMILES string of the molecule is COc1cc(N)c(Cl)cc1C(=O)NC1CCN(CC2CCN(C(=O)C3CCOC3)CC2)CC1.O=C(O)/C=C/C(=O)O. The van der Waals surface area contributed by atoms with Crippen LogP contribution in [0.2, 0.25) is 5.02 Å². The van der Waals surface area contributed by atoms with Crippen molar-refractivity contribution in [2.75, 3.05) is 58.8 Å². The minimum Gasteiger partial charge on any atom is -0.496 e. The second kappa shape index (κ2) is 15.6. The van der Waals surface area contributed by atoms with Crippen LogP contribution in [0, 0.1) is 11.8 Å². The van der Waals surface area contributed by atoms with E-state index in [1.54, 1.807) is 12.1 Å². The normalized spacial score (nSPS) is 20.3. The fourth-order valence-electron chi connectivity index (χ4n) is 5.27. The van der Waals surface area contributed by atoms with Crippen LogP contribution >= 0.6 is 11.6 Å². The van der Waals surface area contributed by atoms with Crippen molar-refractivity contribution in [2.45, 2.75) is 38.1 Å². The number of carbonyl (C=O) groups is 4. The van der Waals surface area contributed by atoms with E-state index in [-0.39, 0.29) is 23.8 Å². The largest absolute Gasteiger partial charge is 0.496 e. The summed E-state index contributed by atoms with van der Waals surface area (Å²) in [5.74, 6) is -1.29. The second-order valence-corrected chi connectivity index (χ2v) is 10.9. The van der Waals surface area contributed by atoms with Gasteiger partial charge in [0.1, 0.15) is 5.75 Å². The molecule has 12 nitrogen and oxygen atoms in total. The molecule has 1 aromatic carbocycles. The summed E-state index contributed by atoms with van der Waals surface area (Å²) in [5, 5.41) is 19.1. The molecule has 0 radical (unpaired) electrons. The Morgan fingerprint density at radius 1 is 1.05 bits per heavy atom. The lowest BCUT2D eigenvalue weighted by atomic mass is 9.93. The van der Waals surface area contributed by atoms with Crippen molar-refractivity contribution in [2.24, 2.45) is 11.8 Å². The maximum absolute atomic E-state index is 12.8. The van der Waals surface area contributed by atoms with Gasteiger partial charge in [-0.15, -0.1) is 0 Å². The molecule has 0 spiro atoms. The minimum absolute atomic E-state index is 0.0695. The summed E-state index contributed by atoms with van der Waals surface area (Å²) >= 11 is 6.11. The Labute approximate surface area is 244 Å². The first-order valence-electron chi connectivity index (χ1n) is 13.7. The maximum Gasteiger partial charge on any atom is 0.328 e. The molecule has 226 valence electrons. The van der Waals surface area contributed by atoms with E-state index in [0.29, 0.717) is 53.3 Å². The van der Waals surface area contributed by atoms with Crippen molar-refractivity contribution in [3.8, 4) is 5.75 Å². The lowest BCUT2D eigenvalue weighted by molar-refractivity contribution is -0.137. The number of carbonyl (C=O) groups excluding carboxylic acids is 2. The summed E-state index contributed by atoms with van der Waals surface area (Å²) in [4.78, 5) is 49.0. The fourth-order valence-corrected chi connectivity index (χ4v) is 5.43. The first kappa shape index (κ1) is 32.2. The molecule has 4 rings (SSSR count). The number of carboxylic acid groups (broad SMARTS) is 2. The molecule has 1 aromatic rings. The number of amides is 2. The van der Waals surface area contributed by atoms with Gasteiger partial charge in [-0.25, -0.2) is 9.59 Å². The molecule has 3 aliphatic rings. The number of carboxylic acids is 2. The molecule has 0 aliphatic carbocycles. The Morgan fingerprint density at radius 2 is 1.68 bits per heavy atom.